The smallest absolute Gasteiger partial charge is 0.251 e. The second kappa shape index (κ2) is 6.04. The van der Waals surface area contributed by atoms with E-state index in [2.05, 4.69) is 25.5 Å². The molecule has 1 aromatic carbocycles. The minimum absolute atomic E-state index is 0.198. The molecule has 0 aliphatic rings. The van der Waals surface area contributed by atoms with Crippen molar-refractivity contribution in [3.63, 3.8) is 0 Å². The minimum Gasteiger partial charge on any atom is -0.399 e. The SMILES string of the molecule is Nc1ccc(C(=O)NCc2nc(-c3ccccn3)n[nH]2)cc1. The number of hydrogen-bond donors (Lipinski definition) is 3. The highest BCUT2D eigenvalue weighted by Gasteiger charge is 2.09. The van der Waals surface area contributed by atoms with Gasteiger partial charge in [-0.2, -0.15) is 5.10 Å². The van der Waals surface area contributed by atoms with E-state index in [4.69, 9.17) is 5.73 Å². The molecule has 3 aromatic rings. The molecule has 0 saturated heterocycles. The van der Waals surface area contributed by atoms with Crippen molar-refractivity contribution in [2.24, 2.45) is 0 Å². The molecule has 22 heavy (non-hydrogen) atoms. The van der Waals surface area contributed by atoms with Crippen molar-refractivity contribution in [1.29, 1.82) is 0 Å². The van der Waals surface area contributed by atoms with Crippen LogP contribution in [-0.2, 0) is 6.54 Å². The summed E-state index contributed by atoms with van der Waals surface area (Å²) in [5.41, 5.74) is 7.42. The summed E-state index contributed by atoms with van der Waals surface area (Å²) in [6, 6.07) is 12.2. The lowest BCUT2D eigenvalue weighted by Gasteiger charge is -2.03. The van der Waals surface area contributed by atoms with Crippen LogP contribution < -0.4 is 11.1 Å². The maximum atomic E-state index is 12.0. The van der Waals surface area contributed by atoms with Gasteiger partial charge in [-0.25, -0.2) is 4.98 Å². The van der Waals surface area contributed by atoms with Gasteiger partial charge < -0.3 is 11.1 Å². The molecule has 0 saturated carbocycles. The summed E-state index contributed by atoms with van der Waals surface area (Å²) in [6.45, 7) is 0.253. The number of pyridine rings is 1. The van der Waals surface area contributed by atoms with E-state index in [0.717, 1.165) is 0 Å². The van der Waals surface area contributed by atoms with Crippen LogP contribution in [0.3, 0.4) is 0 Å². The molecule has 3 rings (SSSR count). The van der Waals surface area contributed by atoms with Gasteiger partial charge >= 0.3 is 0 Å². The Labute approximate surface area is 126 Å². The molecule has 0 spiro atoms. The lowest BCUT2D eigenvalue weighted by Crippen LogP contribution is -2.23. The van der Waals surface area contributed by atoms with Crippen LogP contribution in [0.1, 0.15) is 16.2 Å². The maximum Gasteiger partial charge on any atom is 0.251 e. The third-order valence-electron chi connectivity index (χ3n) is 3.01. The number of hydrogen-bond acceptors (Lipinski definition) is 5. The third kappa shape index (κ3) is 3.09. The molecule has 0 unspecified atom stereocenters. The average Bonchev–Trinajstić information content (AvgIpc) is 3.03. The van der Waals surface area contributed by atoms with Gasteiger partial charge in [-0.05, 0) is 36.4 Å². The quantitative estimate of drug-likeness (QED) is 0.630. The Kier molecular flexibility index (Phi) is 3.78. The number of nitrogens with one attached hydrogen (secondary N) is 2. The highest BCUT2D eigenvalue weighted by molar-refractivity contribution is 5.94. The Hall–Kier alpha value is -3.22. The molecule has 0 fully saturated rings. The number of nitrogen functional groups attached to an aromatic ring is 1. The highest BCUT2D eigenvalue weighted by Crippen LogP contribution is 2.10. The zero-order chi connectivity index (χ0) is 15.4. The first-order chi connectivity index (χ1) is 10.7. The first kappa shape index (κ1) is 13.7. The minimum atomic E-state index is -0.198. The first-order valence-corrected chi connectivity index (χ1v) is 6.69. The topological polar surface area (TPSA) is 110 Å². The Morgan fingerprint density at radius 1 is 1.18 bits per heavy atom. The summed E-state index contributed by atoms with van der Waals surface area (Å²) in [7, 11) is 0. The number of nitrogens with zero attached hydrogens (tertiary/aromatic N) is 3. The van der Waals surface area contributed by atoms with Crippen molar-refractivity contribution in [3.05, 3.63) is 60.0 Å². The number of anilines is 1. The molecule has 7 nitrogen and oxygen atoms in total. The van der Waals surface area contributed by atoms with Gasteiger partial charge in [-0.3, -0.25) is 14.9 Å². The van der Waals surface area contributed by atoms with Crippen LogP contribution in [0.2, 0.25) is 0 Å². The van der Waals surface area contributed by atoms with E-state index in [1.807, 2.05) is 18.2 Å². The van der Waals surface area contributed by atoms with Crippen LogP contribution in [0.15, 0.2) is 48.7 Å². The number of benzene rings is 1. The van der Waals surface area contributed by atoms with Gasteiger partial charge in [0.1, 0.15) is 11.5 Å². The summed E-state index contributed by atoms with van der Waals surface area (Å²) in [6.07, 6.45) is 1.67. The van der Waals surface area contributed by atoms with E-state index < -0.39 is 0 Å². The fourth-order valence-electron chi connectivity index (χ4n) is 1.88. The average molecular weight is 294 g/mol. The van der Waals surface area contributed by atoms with Crippen molar-refractivity contribution in [2.45, 2.75) is 6.54 Å². The fourth-order valence-corrected chi connectivity index (χ4v) is 1.88. The van der Waals surface area contributed by atoms with E-state index in [0.29, 0.717) is 28.6 Å². The Morgan fingerprint density at radius 2 is 2.00 bits per heavy atom. The van der Waals surface area contributed by atoms with Gasteiger partial charge in [0.2, 0.25) is 0 Å². The Morgan fingerprint density at radius 3 is 2.73 bits per heavy atom. The summed E-state index contributed by atoms with van der Waals surface area (Å²) >= 11 is 0. The first-order valence-electron chi connectivity index (χ1n) is 6.69. The summed E-state index contributed by atoms with van der Waals surface area (Å²) in [5, 5.41) is 9.63. The predicted molar refractivity (Wildman–Crippen MR) is 81.6 cm³/mol. The molecule has 0 aliphatic carbocycles. The van der Waals surface area contributed by atoms with Gasteiger partial charge in [0, 0.05) is 17.4 Å². The summed E-state index contributed by atoms with van der Waals surface area (Å²) in [4.78, 5) is 20.4. The number of aromatic nitrogens is 4. The molecule has 110 valence electrons. The zero-order valence-electron chi connectivity index (χ0n) is 11.7. The number of nitrogens with two attached hydrogens (primary N) is 1. The molecule has 1 amide bonds. The molecule has 2 heterocycles. The molecular formula is C15H14N6O. The molecule has 4 N–H and O–H groups in total. The Balaban J connectivity index is 1.64. The fraction of sp³-hybridized carbons (Fsp3) is 0.0667. The van der Waals surface area contributed by atoms with Gasteiger partial charge in [-0.15, -0.1) is 0 Å². The van der Waals surface area contributed by atoms with Crippen LogP contribution >= 0.6 is 0 Å². The molecule has 7 heteroatoms. The van der Waals surface area contributed by atoms with Gasteiger partial charge in [0.15, 0.2) is 5.82 Å². The second-order valence-electron chi connectivity index (χ2n) is 4.63. The number of carbonyl (C=O) groups excluding carboxylic acids is 1. The molecular weight excluding hydrogens is 280 g/mol. The van der Waals surface area contributed by atoms with Crippen LogP contribution in [0.4, 0.5) is 5.69 Å². The van der Waals surface area contributed by atoms with Crippen LogP contribution in [-0.4, -0.2) is 26.1 Å². The van der Waals surface area contributed by atoms with E-state index in [1.54, 1.807) is 30.5 Å². The zero-order valence-corrected chi connectivity index (χ0v) is 11.7. The van der Waals surface area contributed by atoms with E-state index in [9.17, 15) is 4.79 Å². The van der Waals surface area contributed by atoms with Crippen molar-refractivity contribution < 1.29 is 4.79 Å². The van der Waals surface area contributed by atoms with Crippen molar-refractivity contribution in [3.8, 4) is 11.5 Å². The normalized spacial score (nSPS) is 10.4. The molecule has 0 bridgehead atoms. The predicted octanol–water partition coefficient (Wildman–Crippen LogP) is 1.38. The van der Waals surface area contributed by atoms with E-state index >= 15 is 0 Å². The van der Waals surface area contributed by atoms with E-state index in [-0.39, 0.29) is 12.5 Å². The molecule has 0 radical (unpaired) electrons. The van der Waals surface area contributed by atoms with Crippen molar-refractivity contribution >= 4 is 11.6 Å². The number of rotatable bonds is 4. The number of amides is 1. The monoisotopic (exact) mass is 294 g/mol. The number of H-pyrrole nitrogens is 1. The lowest BCUT2D eigenvalue weighted by molar-refractivity contribution is 0.0950. The lowest BCUT2D eigenvalue weighted by atomic mass is 10.2. The summed E-state index contributed by atoms with van der Waals surface area (Å²) in [5.74, 6) is 0.859. The number of carbonyl (C=O) groups is 1. The molecule has 0 aliphatic heterocycles. The maximum absolute atomic E-state index is 12.0. The molecule has 0 atom stereocenters. The van der Waals surface area contributed by atoms with Crippen LogP contribution in [0.5, 0.6) is 0 Å². The van der Waals surface area contributed by atoms with Gasteiger partial charge in [0.05, 0.1) is 6.54 Å². The largest absolute Gasteiger partial charge is 0.399 e. The highest BCUT2D eigenvalue weighted by atomic mass is 16.1. The van der Waals surface area contributed by atoms with E-state index in [1.165, 1.54) is 0 Å². The third-order valence-corrected chi connectivity index (χ3v) is 3.01. The van der Waals surface area contributed by atoms with Gasteiger partial charge in [0.25, 0.3) is 5.91 Å². The van der Waals surface area contributed by atoms with Crippen molar-refractivity contribution in [2.75, 3.05) is 5.73 Å². The molecule has 2 aromatic heterocycles. The van der Waals surface area contributed by atoms with Crippen LogP contribution in [0.25, 0.3) is 11.5 Å². The van der Waals surface area contributed by atoms with Gasteiger partial charge in [-0.1, -0.05) is 6.07 Å². The Bertz CT molecular complexity index is 766. The standard InChI is InChI=1S/C15H14N6O/c16-11-6-4-10(5-7-11)15(22)18-9-13-19-14(21-20-13)12-3-1-2-8-17-12/h1-8H,9,16H2,(H,18,22)(H,19,20,21). The van der Waals surface area contributed by atoms with Crippen LogP contribution in [0, 0.1) is 0 Å². The second-order valence-corrected chi connectivity index (χ2v) is 4.63. The summed E-state index contributed by atoms with van der Waals surface area (Å²) < 4.78 is 0. The van der Waals surface area contributed by atoms with Crippen molar-refractivity contribution in [1.82, 2.24) is 25.5 Å². The number of aromatic amines is 1.